The Morgan fingerprint density at radius 2 is 2.00 bits per heavy atom. The van der Waals surface area contributed by atoms with E-state index in [1.807, 2.05) is 0 Å². The van der Waals surface area contributed by atoms with Gasteiger partial charge in [0.05, 0.1) is 11.8 Å². The second-order valence-electron chi connectivity index (χ2n) is 5.32. The van der Waals surface area contributed by atoms with Crippen molar-refractivity contribution in [2.24, 2.45) is 5.41 Å². The number of hydrogen-bond acceptors (Lipinski definition) is 5. The first kappa shape index (κ1) is 13.4. The average molecular weight is 264 g/mol. The number of furan rings is 2. The summed E-state index contributed by atoms with van der Waals surface area (Å²) in [5, 5.41) is 0. The normalized spacial score (nSPS) is 11.7. The molecule has 2 aromatic heterocycles. The van der Waals surface area contributed by atoms with Crippen LogP contribution in [0.15, 0.2) is 22.6 Å². The van der Waals surface area contributed by atoms with Crippen LogP contribution in [0.4, 0.5) is 0 Å². The molecule has 0 saturated heterocycles. The maximum Gasteiger partial charge on any atom is 0.314 e. The maximum atomic E-state index is 11.5. The van der Waals surface area contributed by atoms with Gasteiger partial charge in [-0.1, -0.05) is 0 Å². The molecular formula is C14H16O5. The van der Waals surface area contributed by atoms with Crippen molar-refractivity contribution in [2.45, 2.75) is 27.2 Å². The van der Waals surface area contributed by atoms with Crippen molar-refractivity contribution in [1.29, 1.82) is 0 Å². The van der Waals surface area contributed by atoms with Crippen LogP contribution in [0.5, 0.6) is 5.75 Å². The van der Waals surface area contributed by atoms with E-state index in [1.165, 1.54) is 0 Å². The van der Waals surface area contributed by atoms with E-state index >= 15 is 0 Å². The highest BCUT2D eigenvalue weighted by molar-refractivity contribution is 5.79. The van der Waals surface area contributed by atoms with Crippen molar-refractivity contribution in [3.63, 3.8) is 0 Å². The quantitative estimate of drug-likeness (QED) is 0.627. The first-order valence-corrected chi connectivity index (χ1v) is 6.06. The lowest BCUT2D eigenvalue weighted by Crippen LogP contribution is -2.24. The third-order valence-corrected chi connectivity index (χ3v) is 2.52. The second-order valence-corrected chi connectivity index (χ2v) is 5.32. The number of carbonyl (C=O) groups excluding carboxylic acids is 2. The zero-order valence-electron chi connectivity index (χ0n) is 11.2. The van der Waals surface area contributed by atoms with Crippen LogP contribution in [0.2, 0.25) is 0 Å². The van der Waals surface area contributed by atoms with Gasteiger partial charge in [-0.25, -0.2) is 0 Å². The number of ether oxygens (including phenoxy) is 2. The van der Waals surface area contributed by atoms with Gasteiger partial charge in [-0.05, 0) is 32.9 Å². The van der Waals surface area contributed by atoms with E-state index in [9.17, 15) is 9.59 Å². The molecule has 2 bridgehead atoms. The van der Waals surface area contributed by atoms with E-state index in [0.717, 1.165) is 0 Å². The molecule has 2 rings (SSSR count). The Hall–Kier alpha value is -2.04. The van der Waals surface area contributed by atoms with Crippen LogP contribution in [0.1, 0.15) is 27.2 Å². The van der Waals surface area contributed by atoms with E-state index < -0.39 is 11.4 Å². The summed E-state index contributed by atoms with van der Waals surface area (Å²) in [7, 11) is 0. The maximum absolute atomic E-state index is 11.5. The number of fused-ring (bicyclic) bond motifs is 2. The van der Waals surface area contributed by atoms with Crippen molar-refractivity contribution < 1.29 is 23.5 Å². The summed E-state index contributed by atoms with van der Waals surface area (Å²) >= 11 is 0. The molecular weight excluding hydrogens is 248 g/mol. The fourth-order valence-electron chi connectivity index (χ4n) is 1.46. The van der Waals surface area contributed by atoms with Crippen molar-refractivity contribution in [3.8, 4) is 5.75 Å². The molecule has 0 fully saturated rings. The largest absolute Gasteiger partial charge is 0.465 e. The molecule has 2 heterocycles. The highest BCUT2D eigenvalue weighted by atomic mass is 16.6. The minimum atomic E-state index is -0.567. The van der Waals surface area contributed by atoms with Crippen LogP contribution < -0.4 is 4.74 Å². The Morgan fingerprint density at radius 1 is 1.26 bits per heavy atom. The number of carbonyl (C=O) groups is 2. The molecule has 5 heteroatoms. The molecule has 0 atom stereocenters. The number of benzene rings is 1. The molecule has 0 N–H and O–H groups in total. The zero-order chi connectivity index (χ0) is 14.0. The van der Waals surface area contributed by atoms with Gasteiger partial charge in [0.25, 0.3) is 0 Å². The summed E-state index contributed by atoms with van der Waals surface area (Å²) in [4.78, 5) is 23.0. The zero-order valence-corrected chi connectivity index (χ0v) is 11.2. The molecule has 0 radical (unpaired) electrons. The van der Waals surface area contributed by atoms with Crippen LogP contribution in [0.25, 0.3) is 11.2 Å². The van der Waals surface area contributed by atoms with Crippen LogP contribution in [-0.4, -0.2) is 18.5 Å². The molecule has 19 heavy (non-hydrogen) atoms. The van der Waals surface area contributed by atoms with Gasteiger partial charge in [0.1, 0.15) is 12.2 Å². The van der Waals surface area contributed by atoms with Gasteiger partial charge in [-0.15, -0.1) is 0 Å². The first-order valence-electron chi connectivity index (χ1n) is 6.06. The highest BCUT2D eigenvalue weighted by Crippen LogP contribution is 2.29. The van der Waals surface area contributed by atoms with Gasteiger partial charge in [0, 0.05) is 6.07 Å². The minimum absolute atomic E-state index is 0.0187. The molecule has 0 spiro atoms. The Balaban J connectivity index is 1.76. The van der Waals surface area contributed by atoms with Gasteiger partial charge < -0.3 is 13.9 Å². The van der Waals surface area contributed by atoms with Gasteiger partial charge in [-0.2, -0.15) is 0 Å². The number of rotatable bonds is 4. The SMILES string of the molecule is CC(C)(C)C(=O)OCCC(=O)Oc1cc2ccc1o2. The topological polar surface area (TPSA) is 65.7 Å². The van der Waals surface area contributed by atoms with Crippen molar-refractivity contribution in [1.82, 2.24) is 0 Å². The average Bonchev–Trinajstić information content (AvgIpc) is 2.89. The lowest BCUT2D eigenvalue weighted by molar-refractivity contribution is -0.154. The first-order chi connectivity index (χ1) is 8.86. The summed E-state index contributed by atoms with van der Waals surface area (Å²) in [6.45, 7) is 5.28. The van der Waals surface area contributed by atoms with Gasteiger partial charge in [-0.3, -0.25) is 9.59 Å². The molecule has 0 amide bonds. The summed E-state index contributed by atoms with van der Waals surface area (Å²) in [6.07, 6.45) is 0.0193. The van der Waals surface area contributed by atoms with E-state index in [0.29, 0.717) is 16.9 Å². The third-order valence-electron chi connectivity index (χ3n) is 2.52. The molecule has 0 unspecified atom stereocenters. The molecule has 5 nitrogen and oxygen atoms in total. The highest BCUT2D eigenvalue weighted by Gasteiger charge is 2.23. The van der Waals surface area contributed by atoms with E-state index in [1.54, 1.807) is 39.0 Å². The smallest absolute Gasteiger partial charge is 0.314 e. The van der Waals surface area contributed by atoms with Crippen LogP contribution in [0.3, 0.4) is 0 Å². The minimum Gasteiger partial charge on any atom is -0.465 e. The molecule has 102 valence electrons. The molecule has 0 aliphatic carbocycles. The predicted molar refractivity (Wildman–Crippen MR) is 68.1 cm³/mol. The fraction of sp³-hybridized carbons (Fsp3) is 0.429. The van der Waals surface area contributed by atoms with Gasteiger partial charge >= 0.3 is 11.9 Å². The van der Waals surface area contributed by atoms with Crippen LogP contribution in [-0.2, 0) is 14.3 Å². The third kappa shape index (κ3) is 3.24. The lowest BCUT2D eigenvalue weighted by Gasteiger charge is -2.16. The Labute approximate surface area is 110 Å². The van der Waals surface area contributed by atoms with E-state index in [4.69, 9.17) is 13.9 Å². The van der Waals surface area contributed by atoms with Crippen molar-refractivity contribution >= 4 is 23.1 Å². The van der Waals surface area contributed by atoms with Crippen molar-refractivity contribution in [2.75, 3.05) is 6.61 Å². The lowest BCUT2D eigenvalue weighted by atomic mass is 9.97. The predicted octanol–water partition coefficient (Wildman–Crippen LogP) is 2.76. The molecule has 2 aromatic rings. The standard InChI is InChI=1S/C14H16O5/c1-14(2,3)13(16)17-7-6-12(15)19-11-8-9-4-5-10(11)18-9/h4-5,8H,6-7H2,1-3H3. The van der Waals surface area contributed by atoms with Crippen LogP contribution in [0, 0.1) is 5.41 Å². The van der Waals surface area contributed by atoms with Gasteiger partial charge in [0.15, 0.2) is 11.3 Å². The summed E-state index contributed by atoms with van der Waals surface area (Å²) in [5.74, 6) is -0.383. The molecule has 0 aromatic carbocycles. The molecule has 0 aliphatic heterocycles. The van der Waals surface area contributed by atoms with E-state index in [-0.39, 0.29) is 19.0 Å². The van der Waals surface area contributed by atoms with Gasteiger partial charge in [0.2, 0.25) is 0 Å². The van der Waals surface area contributed by atoms with E-state index in [2.05, 4.69) is 0 Å². The number of esters is 2. The summed E-state index contributed by atoms with van der Waals surface area (Å²) in [6, 6.07) is 5.17. The number of hydrogen-bond donors (Lipinski definition) is 0. The van der Waals surface area contributed by atoms with Crippen molar-refractivity contribution in [3.05, 3.63) is 18.2 Å². The summed E-state index contributed by atoms with van der Waals surface area (Å²) < 4.78 is 15.3. The second kappa shape index (κ2) is 4.91. The molecule has 0 saturated carbocycles. The summed E-state index contributed by atoms with van der Waals surface area (Å²) in [5.41, 5.74) is 0.634. The van der Waals surface area contributed by atoms with Crippen LogP contribution >= 0.6 is 0 Å². The monoisotopic (exact) mass is 264 g/mol. The Kier molecular flexibility index (Phi) is 3.46. The molecule has 0 aliphatic rings. The Morgan fingerprint density at radius 3 is 2.53 bits per heavy atom. The fourth-order valence-corrected chi connectivity index (χ4v) is 1.46. The Bertz CT molecular complexity index is 575.